The van der Waals surface area contributed by atoms with Crippen LogP contribution in [0.4, 0.5) is 0 Å². The summed E-state index contributed by atoms with van der Waals surface area (Å²) < 4.78 is 0. The van der Waals surface area contributed by atoms with Crippen LogP contribution >= 0.6 is 0 Å². The minimum atomic E-state index is -0.544. The Bertz CT molecular complexity index is 781. The van der Waals surface area contributed by atoms with Crippen molar-refractivity contribution in [3.63, 3.8) is 0 Å². The summed E-state index contributed by atoms with van der Waals surface area (Å²) in [5.74, 6) is -0.307. The minimum Gasteiger partial charge on any atom is -0.349 e. The Balaban J connectivity index is 1.69. The van der Waals surface area contributed by atoms with Crippen LogP contribution in [0.15, 0.2) is 42.7 Å². The molecule has 0 radical (unpaired) electrons. The van der Waals surface area contributed by atoms with Gasteiger partial charge in [0.25, 0.3) is 5.91 Å². The lowest BCUT2D eigenvalue weighted by molar-refractivity contribution is -0.126. The van der Waals surface area contributed by atoms with E-state index in [0.29, 0.717) is 31.7 Å². The number of nitrogens with one attached hydrogen (secondary N) is 2. The van der Waals surface area contributed by atoms with Gasteiger partial charge in [0, 0.05) is 43.3 Å². The SMILES string of the molecule is CCCc1cc(C(=O)N2CCNC[C@@H]2C(=O)NCc2ccccn2)ccn1. The molecule has 2 aromatic rings. The van der Waals surface area contributed by atoms with Gasteiger partial charge in [-0.3, -0.25) is 19.6 Å². The molecule has 0 aromatic carbocycles. The molecular weight excluding hydrogens is 342 g/mol. The number of hydrogen-bond donors (Lipinski definition) is 2. The number of aryl methyl sites for hydroxylation is 1. The zero-order valence-electron chi connectivity index (χ0n) is 15.5. The van der Waals surface area contributed by atoms with E-state index in [9.17, 15) is 9.59 Å². The zero-order valence-corrected chi connectivity index (χ0v) is 15.5. The van der Waals surface area contributed by atoms with E-state index in [2.05, 4.69) is 27.5 Å². The van der Waals surface area contributed by atoms with Gasteiger partial charge in [0.05, 0.1) is 12.2 Å². The van der Waals surface area contributed by atoms with Gasteiger partial charge in [-0.15, -0.1) is 0 Å². The van der Waals surface area contributed by atoms with Gasteiger partial charge >= 0.3 is 0 Å². The molecule has 2 amide bonds. The highest BCUT2D eigenvalue weighted by atomic mass is 16.2. The number of pyridine rings is 2. The highest BCUT2D eigenvalue weighted by Gasteiger charge is 2.32. The van der Waals surface area contributed by atoms with E-state index >= 15 is 0 Å². The van der Waals surface area contributed by atoms with Gasteiger partial charge < -0.3 is 15.5 Å². The van der Waals surface area contributed by atoms with Crippen LogP contribution in [0.2, 0.25) is 0 Å². The molecule has 2 aromatic heterocycles. The van der Waals surface area contributed by atoms with Crippen molar-refractivity contribution in [2.45, 2.75) is 32.4 Å². The maximum atomic E-state index is 13.0. The first-order valence-corrected chi connectivity index (χ1v) is 9.33. The molecule has 1 fully saturated rings. The fraction of sp³-hybridized carbons (Fsp3) is 0.400. The van der Waals surface area contributed by atoms with Crippen molar-refractivity contribution in [2.75, 3.05) is 19.6 Å². The van der Waals surface area contributed by atoms with E-state index in [1.807, 2.05) is 24.3 Å². The summed E-state index contributed by atoms with van der Waals surface area (Å²) in [7, 11) is 0. The average Bonchev–Trinajstić information content (AvgIpc) is 2.73. The summed E-state index contributed by atoms with van der Waals surface area (Å²) in [6.07, 6.45) is 5.15. The van der Waals surface area contributed by atoms with Crippen molar-refractivity contribution in [3.05, 3.63) is 59.7 Å². The molecule has 3 heterocycles. The molecule has 1 aliphatic heterocycles. The molecule has 7 heteroatoms. The molecule has 1 saturated heterocycles. The largest absolute Gasteiger partial charge is 0.349 e. The molecule has 0 aliphatic carbocycles. The number of carbonyl (C=O) groups excluding carboxylic acids is 2. The third-order valence-electron chi connectivity index (χ3n) is 4.55. The van der Waals surface area contributed by atoms with Crippen molar-refractivity contribution >= 4 is 11.8 Å². The van der Waals surface area contributed by atoms with Gasteiger partial charge in [0.2, 0.25) is 5.91 Å². The maximum absolute atomic E-state index is 13.0. The third kappa shape index (κ3) is 4.89. The monoisotopic (exact) mass is 367 g/mol. The fourth-order valence-corrected chi connectivity index (χ4v) is 3.15. The van der Waals surface area contributed by atoms with Crippen molar-refractivity contribution in [2.24, 2.45) is 0 Å². The summed E-state index contributed by atoms with van der Waals surface area (Å²) in [5, 5.41) is 6.09. The lowest BCUT2D eigenvalue weighted by atomic mass is 10.1. The van der Waals surface area contributed by atoms with Crippen LogP contribution in [-0.4, -0.2) is 52.4 Å². The van der Waals surface area contributed by atoms with Crippen molar-refractivity contribution in [1.29, 1.82) is 0 Å². The Hall–Kier alpha value is -2.80. The average molecular weight is 367 g/mol. The second-order valence-electron chi connectivity index (χ2n) is 6.54. The molecule has 0 bridgehead atoms. The molecular formula is C20H25N5O2. The molecule has 142 valence electrons. The van der Waals surface area contributed by atoms with E-state index in [4.69, 9.17) is 0 Å². The molecule has 1 atom stereocenters. The highest BCUT2D eigenvalue weighted by Crippen LogP contribution is 2.13. The van der Waals surface area contributed by atoms with Gasteiger partial charge in [-0.25, -0.2) is 0 Å². The van der Waals surface area contributed by atoms with Crippen LogP contribution in [0.1, 0.15) is 35.1 Å². The van der Waals surface area contributed by atoms with E-state index < -0.39 is 6.04 Å². The molecule has 0 unspecified atom stereocenters. The lowest BCUT2D eigenvalue weighted by Gasteiger charge is -2.35. The fourth-order valence-electron chi connectivity index (χ4n) is 3.15. The van der Waals surface area contributed by atoms with Crippen molar-refractivity contribution in [3.8, 4) is 0 Å². The summed E-state index contributed by atoms with van der Waals surface area (Å²) >= 11 is 0. The van der Waals surface area contributed by atoms with Crippen LogP contribution in [0.3, 0.4) is 0 Å². The lowest BCUT2D eigenvalue weighted by Crippen LogP contribution is -2.59. The second kappa shape index (κ2) is 9.23. The molecule has 0 spiro atoms. The first-order valence-electron chi connectivity index (χ1n) is 9.33. The first-order chi connectivity index (χ1) is 13.2. The summed E-state index contributed by atoms with van der Waals surface area (Å²) in [6, 6.07) is 8.57. The van der Waals surface area contributed by atoms with Crippen LogP contribution in [-0.2, 0) is 17.8 Å². The van der Waals surface area contributed by atoms with Crippen molar-refractivity contribution < 1.29 is 9.59 Å². The van der Waals surface area contributed by atoms with Gasteiger partial charge in [0.1, 0.15) is 6.04 Å². The van der Waals surface area contributed by atoms with E-state index in [-0.39, 0.29) is 11.8 Å². The standard InChI is InChI=1S/C20H25N5O2/c1-2-5-16-12-15(7-9-23-16)20(27)25-11-10-21-14-18(25)19(26)24-13-17-6-3-4-8-22-17/h3-4,6-9,12,18,21H,2,5,10-11,13-14H2,1H3,(H,24,26)/t18-/m1/s1. The molecule has 3 rings (SSSR count). The molecule has 2 N–H and O–H groups in total. The van der Waals surface area contributed by atoms with E-state index in [0.717, 1.165) is 24.2 Å². The Kier molecular flexibility index (Phi) is 6.49. The summed E-state index contributed by atoms with van der Waals surface area (Å²) in [5.41, 5.74) is 2.26. The molecule has 0 saturated carbocycles. The maximum Gasteiger partial charge on any atom is 0.254 e. The van der Waals surface area contributed by atoms with Crippen LogP contribution in [0.5, 0.6) is 0 Å². The van der Waals surface area contributed by atoms with Gasteiger partial charge in [0.15, 0.2) is 0 Å². The number of aromatic nitrogens is 2. The Morgan fingerprint density at radius 3 is 2.85 bits per heavy atom. The number of rotatable bonds is 6. The first kappa shape index (κ1) is 19.0. The summed E-state index contributed by atoms with van der Waals surface area (Å²) in [4.78, 5) is 35.9. The number of nitrogens with zero attached hydrogens (tertiary/aromatic N) is 3. The number of piperazine rings is 1. The molecule has 27 heavy (non-hydrogen) atoms. The van der Waals surface area contributed by atoms with Crippen LogP contribution in [0.25, 0.3) is 0 Å². The quantitative estimate of drug-likeness (QED) is 0.800. The zero-order chi connectivity index (χ0) is 19.1. The molecule has 7 nitrogen and oxygen atoms in total. The Morgan fingerprint density at radius 2 is 2.07 bits per heavy atom. The minimum absolute atomic E-state index is 0.130. The van der Waals surface area contributed by atoms with Gasteiger partial charge in [-0.2, -0.15) is 0 Å². The molecule has 1 aliphatic rings. The van der Waals surface area contributed by atoms with E-state index in [1.54, 1.807) is 23.4 Å². The number of hydrogen-bond acceptors (Lipinski definition) is 5. The predicted molar refractivity (Wildman–Crippen MR) is 102 cm³/mol. The normalized spacial score (nSPS) is 16.8. The van der Waals surface area contributed by atoms with Gasteiger partial charge in [-0.05, 0) is 30.7 Å². The smallest absolute Gasteiger partial charge is 0.254 e. The highest BCUT2D eigenvalue weighted by molar-refractivity contribution is 5.97. The van der Waals surface area contributed by atoms with Gasteiger partial charge in [-0.1, -0.05) is 19.4 Å². The predicted octanol–water partition coefficient (Wildman–Crippen LogP) is 1.16. The third-order valence-corrected chi connectivity index (χ3v) is 4.55. The number of amides is 2. The number of carbonyl (C=O) groups is 2. The Morgan fingerprint density at radius 1 is 1.22 bits per heavy atom. The second-order valence-corrected chi connectivity index (χ2v) is 6.54. The Labute approximate surface area is 159 Å². The topological polar surface area (TPSA) is 87.2 Å². The van der Waals surface area contributed by atoms with Crippen LogP contribution < -0.4 is 10.6 Å². The van der Waals surface area contributed by atoms with E-state index in [1.165, 1.54) is 0 Å². The van der Waals surface area contributed by atoms with Crippen LogP contribution in [0, 0.1) is 0 Å². The van der Waals surface area contributed by atoms with Crippen molar-refractivity contribution in [1.82, 2.24) is 25.5 Å². The summed E-state index contributed by atoms with van der Waals surface area (Å²) in [6.45, 7) is 4.02.